The van der Waals surface area contributed by atoms with Gasteiger partial charge in [-0.3, -0.25) is 4.90 Å². The number of nitrogens with zero attached hydrogens (tertiary/aromatic N) is 1. The van der Waals surface area contributed by atoms with Crippen molar-refractivity contribution in [3.63, 3.8) is 0 Å². The molecule has 1 fully saturated rings. The van der Waals surface area contributed by atoms with Gasteiger partial charge in [0, 0.05) is 35.3 Å². The summed E-state index contributed by atoms with van der Waals surface area (Å²) in [5, 5.41) is 3.66. The third-order valence-corrected chi connectivity index (χ3v) is 3.99. The van der Waals surface area contributed by atoms with Crippen molar-refractivity contribution in [1.29, 1.82) is 0 Å². The Bertz CT molecular complexity index is 390. The van der Waals surface area contributed by atoms with Crippen molar-refractivity contribution in [2.24, 2.45) is 0 Å². The Kier molecular flexibility index (Phi) is 4.10. The molecular weight excluding hydrogens is 276 g/mol. The van der Waals surface area contributed by atoms with Crippen LogP contribution < -0.4 is 5.32 Å². The van der Waals surface area contributed by atoms with E-state index < -0.39 is 0 Å². The van der Waals surface area contributed by atoms with Gasteiger partial charge in [-0.25, -0.2) is 0 Å². The molecule has 1 aliphatic heterocycles. The van der Waals surface area contributed by atoms with E-state index in [1.165, 1.54) is 24.2 Å². The van der Waals surface area contributed by atoms with Crippen LogP contribution in [0, 0.1) is 6.92 Å². The third-order valence-electron chi connectivity index (χ3n) is 3.50. The second kappa shape index (κ2) is 5.40. The van der Waals surface area contributed by atoms with Crippen LogP contribution in [0.4, 0.5) is 5.69 Å². The Labute approximate surface area is 113 Å². The van der Waals surface area contributed by atoms with Crippen LogP contribution in [0.5, 0.6) is 0 Å². The van der Waals surface area contributed by atoms with Crippen molar-refractivity contribution in [3.05, 3.63) is 28.2 Å². The van der Waals surface area contributed by atoms with Crippen LogP contribution in [0.1, 0.15) is 25.8 Å². The zero-order valence-corrected chi connectivity index (χ0v) is 12.4. The van der Waals surface area contributed by atoms with E-state index in [4.69, 9.17) is 0 Å². The molecule has 94 valence electrons. The highest BCUT2D eigenvalue weighted by Gasteiger charge is 2.24. The molecule has 0 bridgehead atoms. The van der Waals surface area contributed by atoms with Crippen molar-refractivity contribution in [3.8, 4) is 0 Å². The Morgan fingerprint density at radius 3 is 2.76 bits per heavy atom. The molecule has 0 saturated carbocycles. The molecule has 3 heteroatoms. The lowest BCUT2D eigenvalue weighted by Gasteiger charge is -2.21. The van der Waals surface area contributed by atoms with Crippen LogP contribution in [0.2, 0.25) is 0 Å². The quantitative estimate of drug-likeness (QED) is 0.916. The average Bonchev–Trinajstić information content (AvgIpc) is 2.71. The first-order valence-electron chi connectivity index (χ1n) is 6.33. The van der Waals surface area contributed by atoms with Crippen LogP contribution in [0.3, 0.4) is 0 Å². The fourth-order valence-corrected chi connectivity index (χ4v) is 2.86. The number of hydrogen-bond donors (Lipinski definition) is 1. The molecule has 1 aromatic carbocycles. The number of halogens is 1. The first-order valence-corrected chi connectivity index (χ1v) is 7.12. The first-order chi connectivity index (χ1) is 8.06. The van der Waals surface area contributed by atoms with Gasteiger partial charge in [0.15, 0.2) is 0 Å². The standard InChI is InChI=1S/C14H21BrN2/c1-10(2)17-7-6-13(9-17)16-14-5-4-12(15)8-11(14)3/h4-5,8,10,13,16H,6-7,9H2,1-3H3. The summed E-state index contributed by atoms with van der Waals surface area (Å²) in [7, 11) is 0. The molecule has 0 spiro atoms. The van der Waals surface area contributed by atoms with Crippen LogP contribution in [-0.4, -0.2) is 30.1 Å². The molecular formula is C14H21BrN2. The molecule has 1 N–H and O–H groups in total. The molecule has 2 nitrogen and oxygen atoms in total. The van der Waals surface area contributed by atoms with E-state index in [9.17, 15) is 0 Å². The third kappa shape index (κ3) is 3.23. The average molecular weight is 297 g/mol. The summed E-state index contributed by atoms with van der Waals surface area (Å²) in [6, 6.07) is 7.68. The van der Waals surface area contributed by atoms with Crippen molar-refractivity contribution in [2.45, 2.75) is 39.3 Å². The minimum absolute atomic E-state index is 0.595. The van der Waals surface area contributed by atoms with E-state index in [2.05, 4.69) is 65.1 Å². The molecule has 0 amide bonds. The van der Waals surface area contributed by atoms with Crippen molar-refractivity contribution < 1.29 is 0 Å². The van der Waals surface area contributed by atoms with Crippen molar-refractivity contribution >= 4 is 21.6 Å². The van der Waals surface area contributed by atoms with Gasteiger partial charge in [0.1, 0.15) is 0 Å². The fourth-order valence-electron chi connectivity index (χ4n) is 2.38. The Hall–Kier alpha value is -0.540. The summed E-state index contributed by atoms with van der Waals surface area (Å²) in [6.45, 7) is 9.07. The van der Waals surface area contributed by atoms with E-state index in [1.54, 1.807) is 0 Å². The zero-order valence-electron chi connectivity index (χ0n) is 10.8. The second-order valence-electron chi connectivity index (χ2n) is 5.18. The maximum absolute atomic E-state index is 3.66. The summed E-state index contributed by atoms with van der Waals surface area (Å²) in [5.41, 5.74) is 2.58. The molecule has 0 aliphatic carbocycles. The number of anilines is 1. The Morgan fingerprint density at radius 2 is 2.18 bits per heavy atom. The topological polar surface area (TPSA) is 15.3 Å². The van der Waals surface area contributed by atoms with Gasteiger partial charge in [-0.15, -0.1) is 0 Å². The first kappa shape index (κ1) is 12.9. The zero-order chi connectivity index (χ0) is 12.4. The number of hydrogen-bond acceptors (Lipinski definition) is 2. The molecule has 2 rings (SSSR count). The van der Waals surface area contributed by atoms with Crippen LogP contribution in [-0.2, 0) is 0 Å². The minimum atomic E-state index is 0.595. The molecule has 1 atom stereocenters. The summed E-state index contributed by atoms with van der Waals surface area (Å²) in [4.78, 5) is 2.53. The van der Waals surface area contributed by atoms with Crippen LogP contribution >= 0.6 is 15.9 Å². The van der Waals surface area contributed by atoms with Gasteiger partial charge < -0.3 is 5.32 Å². The van der Waals surface area contributed by atoms with Crippen molar-refractivity contribution in [2.75, 3.05) is 18.4 Å². The van der Waals surface area contributed by atoms with E-state index >= 15 is 0 Å². The summed E-state index contributed by atoms with van der Waals surface area (Å²) >= 11 is 3.50. The number of rotatable bonds is 3. The van der Waals surface area contributed by atoms with Gasteiger partial charge in [0.2, 0.25) is 0 Å². The van der Waals surface area contributed by atoms with Crippen molar-refractivity contribution in [1.82, 2.24) is 4.90 Å². The number of benzene rings is 1. The predicted octanol–water partition coefficient (Wildman–Crippen LogP) is 3.65. The van der Waals surface area contributed by atoms with Crippen LogP contribution in [0.15, 0.2) is 22.7 Å². The fraction of sp³-hybridized carbons (Fsp3) is 0.571. The number of nitrogens with one attached hydrogen (secondary N) is 1. The normalized spacial score (nSPS) is 21.1. The van der Waals surface area contributed by atoms with Gasteiger partial charge in [-0.2, -0.15) is 0 Å². The summed E-state index contributed by atoms with van der Waals surface area (Å²) in [5.74, 6) is 0. The van der Waals surface area contributed by atoms with E-state index in [0.717, 1.165) is 11.0 Å². The lowest BCUT2D eigenvalue weighted by Crippen LogP contribution is -2.31. The summed E-state index contributed by atoms with van der Waals surface area (Å²) < 4.78 is 1.15. The highest BCUT2D eigenvalue weighted by Crippen LogP contribution is 2.23. The molecule has 0 radical (unpaired) electrons. The molecule has 1 heterocycles. The number of likely N-dealkylation sites (tertiary alicyclic amines) is 1. The van der Waals surface area contributed by atoms with Gasteiger partial charge in [-0.1, -0.05) is 15.9 Å². The Balaban J connectivity index is 1.98. The van der Waals surface area contributed by atoms with Gasteiger partial charge >= 0.3 is 0 Å². The molecule has 1 aromatic rings. The van der Waals surface area contributed by atoms with E-state index in [1.807, 2.05) is 0 Å². The lowest BCUT2D eigenvalue weighted by atomic mass is 10.1. The van der Waals surface area contributed by atoms with Gasteiger partial charge in [0.05, 0.1) is 0 Å². The molecule has 0 aromatic heterocycles. The largest absolute Gasteiger partial charge is 0.381 e. The summed E-state index contributed by atoms with van der Waals surface area (Å²) in [6.07, 6.45) is 1.24. The maximum Gasteiger partial charge on any atom is 0.0400 e. The predicted molar refractivity (Wildman–Crippen MR) is 77.6 cm³/mol. The van der Waals surface area contributed by atoms with E-state index in [-0.39, 0.29) is 0 Å². The molecule has 1 unspecified atom stereocenters. The number of aryl methyl sites for hydroxylation is 1. The maximum atomic E-state index is 3.66. The molecule has 1 aliphatic rings. The minimum Gasteiger partial charge on any atom is -0.381 e. The van der Waals surface area contributed by atoms with Crippen LogP contribution in [0.25, 0.3) is 0 Å². The highest BCUT2D eigenvalue weighted by molar-refractivity contribution is 9.10. The lowest BCUT2D eigenvalue weighted by molar-refractivity contribution is 0.274. The molecule has 17 heavy (non-hydrogen) atoms. The van der Waals surface area contributed by atoms with E-state index in [0.29, 0.717) is 12.1 Å². The molecule has 1 saturated heterocycles. The second-order valence-corrected chi connectivity index (χ2v) is 6.09. The highest BCUT2D eigenvalue weighted by atomic mass is 79.9. The smallest absolute Gasteiger partial charge is 0.0400 e. The SMILES string of the molecule is Cc1cc(Br)ccc1NC1CCN(C(C)C)C1. The Morgan fingerprint density at radius 1 is 1.41 bits per heavy atom. The van der Waals surface area contributed by atoms with Gasteiger partial charge in [-0.05, 0) is 51.0 Å². The monoisotopic (exact) mass is 296 g/mol. The van der Waals surface area contributed by atoms with Gasteiger partial charge in [0.25, 0.3) is 0 Å².